The largest absolute Gasteiger partial charge is 0.481 e. The van der Waals surface area contributed by atoms with E-state index in [4.69, 9.17) is 9.47 Å². The van der Waals surface area contributed by atoms with Gasteiger partial charge in [0.1, 0.15) is 5.82 Å². The Morgan fingerprint density at radius 1 is 1.26 bits per heavy atom. The van der Waals surface area contributed by atoms with Crippen LogP contribution in [0.5, 0.6) is 11.9 Å². The standard InChI is InChI=1S/C17H17N5O3S2/c1-24-14-7-13(19-16(20-14)25-2)22-5-3-11-12(8-22)27-17(18-11)21-15(23)10-4-6-26-9-10/h4,6-7,9H,3,5,8H2,1-2H3,(H,18,21,23). The number of nitrogens with zero attached hydrogens (tertiary/aromatic N) is 4. The van der Waals surface area contributed by atoms with Crippen LogP contribution >= 0.6 is 22.7 Å². The van der Waals surface area contributed by atoms with E-state index in [0.717, 1.165) is 29.4 Å². The third kappa shape index (κ3) is 3.71. The summed E-state index contributed by atoms with van der Waals surface area (Å²) in [4.78, 5) is 28.6. The van der Waals surface area contributed by atoms with Crippen LogP contribution in [0, 0.1) is 0 Å². The molecule has 3 aromatic heterocycles. The summed E-state index contributed by atoms with van der Waals surface area (Å²) in [7, 11) is 3.09. The Morgan fingerprint density at radius 3 is 2.89 bits per heavy atom. The fourth-order valence-corrected chi connectivity index (χ4v) is 4.41. The number of ether oxygens (including phenoxy) is 2. The molecule has 4 rings (SSSR count). The van der Waals surface area contributed by atoms with Crippen LogP contribution in [0.15, 0.2) is 22.9 Å². The molecule has 140 valence electrons. The summed E-state index contributed by atoms with van der Waals surface area (Å²) >= 11 is 2.98. The first-order chi connectivity index (χ1) is 13.2. The van der Waals surface area contributed by atoms with E-state index in [9.17, 15) is 4.79 Å². The zero-order valence-electron chi connectivity index (χ0n) is 14.8. The van der Waals surface area contributed by atoms with Crippen LogP contribution in [-0.4, -0.2) is 41.6 Å². The van der Waals surface area contributed by atoms with Crippen LogP contribution in [0.3, 0.4) is 0 Å². The normalized spacial score (nSPS) is 13.2. The molecule has 1 N–H and O–H groups in total. The molecule has 8 nitrogen and oxygen atoms in total. The fourth-order valence-electron chi connectivity index (χ4n) is 2.76. The van der Waals surface area contributed by atoms with Gasteiger partial charge in [-0.15, -0.1) is 0 Å². The quantitative estimate of drug-likeness (QED) is 0.701. The van der Waals surface area contributed by atoms with E-state index >= 15 is 0 Å². The predicted octanol–water partition coefficient (Wildman–Crippen LogP) is 2.83. The van der Waals surface area contributed by atoms with Crippen molar-refractivity contribution in [3.63, 3.8) is 0 Å². The Bertz CT molecular complexity index is 935. The SMILES string of the molecule is COc1cc(N2CCc3nc(NC(=O)c4ccsc4)sc3C2)nc(OC)n1. The van der Waals surface area contributed by atoms with Crippen LogP contribution < -0.4 is 19.7 Å². The van der Waals surface area contributed by atoms with Crippen molar-refractivity contribution in [2.45, 2.75) is 13.0 Å². The van der Waals surface area contributed by atoms with E-state index in [1.165, 1.54) is 29.8 Å². The molecule has 27 heavy (non-hydrogen) atoms. The molecule has 0 atom stereocenters. The molecule has 3 aromatic rings. The highest BCUT2D eigenvalue weighted by Gasteiger charge is 2.23. The number of thiazole rings is 1. The number of nitrogens with one attached hydrogen (secondary N) is 1. The maximum Gasteiger partial charge on any atom is 0.321 e. The minimum absolute atomic E-state index is 0.135. The van der Waals surface area contributed by atoms with E-state index in [0.29, 0.717) is 23.1 Å². The Labute approximate surface area is 163 Å². The van der Waals surface area contributed by atoms with Gasteiger partial charge in [-0.05, 0) is 11.4 Å². The fraction of sp³-hybridized carbons (Fsp3) is 0.294. The summed E-state index contributed by atoms with van der Waals surface area (Å²) in [5.74, 6) is 1.06. The van der Waals surface area contributed by atoms with Crippen molar-refractivity contribution in [1.29, 1.82) is 0 Å². The molecule has 0 unspecified atom stereocenters. The maximum atomic E-state index is 12.2. The van der Waals surface area contributed by atoms with Gasteiger partial charge in [-0.25, -0.2) is 4.98 Å². The highest BCUT2D eigenvalue weighted by Crippen LogP contribution is 2.31. The minimum Gasteiger partial charge on any atom is -0.481 e. The van der Waals surface area contributed by atoms with Crippen molar-refractivity contribution >= 4 is 39.5 Å². The third-order valence-corrected chi connectivity index (χ3v) is 5.80. The van der Waals surface area contributed by atoms with Gasteiger partial charge in [-0.3, -0.25) is 10.1 Å². The summed E-state index contributed by atoms with van der Waals surface area (Å²) in [5, 5.41) is 7.20. The lowest BCUT2D eigenvalue weighted by atomic mass is 10.2. The van der Waals surface area contributed by atoms with Crippen LogP contribution in [0.2, 0.25) is 0 Å². The molecule has 0 radical (unpaired) electrons. The van der Waals surface area contributed by atoms with E-state index in [1.807, 2.05) is 10.8 Å². The number of methoxy groups -OCH3 is 2. The van der Waals surface area contributed by atoms with Crippen molar-refractivity contribution in [2.24, 2.45) is 0 Å². The lowest BCUT2D eigenvalue weighted by molar-refractivity contribution is 0.102. The molecule has 0 fully saturated rings. The number of carbonyl (C=O) groups is 1. The molecule has 4 heterocycles. The van der Waals surface area contributed by atoms with E-state index in [2.05, 4.69) is 25.2 Å². The number of amides is 1. The Hall–Kier alpha value is -2.72. The summed E-state index contributed by atoms with van der Waals surface area (Å²) in [6.07, 6.45) is 0.773. The Balaban J connectivity index is 1.52. The molecular formula is C17H17N5O3S2. The maximum absolute atomic E-state index is 12.2. The molecular weight excluding hydrogens is 386 g/mol. The van der Waals surface area contributed by atoms with Crippen LogP contribution in [0.1, 0.15) is 20.9 Å². The van der Waals surface area contributed by atoms with Gasteiger partial charge in [0, 0.05) is 29.3 Å². The molecule has 1 aliphatic rings. The zero-order chi connectivity index (χ0) is 18.8. The monoisotopic (exact) mass is 403 g/mol. The number of hydrogen-bond acceptors (Lipinski definition) is 9. The molecule has 1 amide bonds. The number of hydrogen-bond donors (Lipinski definition) is 1. The number of anilines is 2. The van der Waals surface area contributed by atoms with Gasteiger partial charge in [-0.2, -0.15) is 21.3 Å². The average molecular weight is 403 g/mol. The second-order valence-corrected chi connectivity index (χ2v) is 7.65. The molecule has 0 spiro atoms. The molecule has 0 bridgehead atoms. The number of thiophene rings is 1. The van der Waals surface area contributed by atoms with Gasteiger partial charge in [0.15, 0.2) is 5.13 Å². The Kier molecular flexibility index (Phi) is 4.90. The first-order valence-electron chi connectivity index (χ1n) is 8.20. The van der Waals surface area contributed by atoms with Gasteiger partial charge >= 0.3 is 6.01 Å². The second kappa shape index (κ2) is 7.49. The lowest BCUT2D eigenvalue weighted by Gasteiger charge is -2.27. The van der Waals surface area contributed by atoms with E-state index in [-0.39, 0.29) is 11.9 Å². The van der Waals surface area contributed by atoms with Crippen molar-refractivity contribution in [1.82, 2.24) is 15.0 Å². The molecule has 0 aromatic carbocycles. The van der Waals surface area contributed by atoms with Gasteiger partial charge in [0.2, 0.25) is 5.88 Å². The lowest BCUT2D eigenvalue weighted by Crippen LogP contribution is -2.30. The molecule has 0 saturated carbocycles. The average Bonchev–Trinajstić information content (AvgIpc) is 3.36. The van der Waals surface area contributed by atoms with Crippen LogP contribution in [0.25, 0.3) is 0 Å². The number of fused-ring (bicyclic) bond motifs is 1. The van der Waals surface area contributed by atoms with Crippen LogP contribution in [-0.2, 0) is 13.0 Å². The molecule has 10 heteroatoms. The molecule has 0 aliphatic carbocycles. The predicted molar refractivity (Wildman–Crippen MR) is 104 cm³/mol. The number of carbonyl (C=O) groups excluding carboxylic acids is 1. The van der Waals surface area contributed by atoms with E-state index in [1.54, 1.807) is 19.2 Å². The van der Waals surface area contributed by atoms with Crippen molar-refractivity contribution in [3.05, 3.63) is 39.0 Å². The van der Waals surface area contributed by atoms with Crippen molar-refractivity contribution in [2.75, 3.05) is 31.0 Å². The first kappa shape index (κ1) is 17.7. The third-order valence-electron chi connectivity index (χ3n) is 4.12. The second-order valence-electron chi connectivity index (χ2n) is 5.78. The van der Waals surface area contributed by atoms with Crippen molar-refractivity contribution < 1.29 is 14.3 Å². The topological polar surface area (TPSA) is 89.5 Å². The minimum atomic E-state index is -0.135. The number of aromatic nitrogens is 3. The van der Waals surface area contributed by atoms with Gasteiger partial charge in [0.05, 0.1) is 32.0 Å². The molecule has 0 saturated heterocycles. The first-order valence-corrected chi connectivity index (χ1v) is 9.96. The van der Waals surface area contributed by atoms with Gasteiger partial charge in [-0.1, -0.05) is 11.3 Å². The van der Waals surface area contributed by atoms with Crippen molar-refractivity contribution in [3.8, 4) is 11.9 Å². The van der Waals surface area contributed by atoms with Gasteiger partial charge in [0.25, 0.3) is 5.91 Å². The smallest absolute Gasteiger partial charge is 0.321 e. The number of rotatable bonds is 5. The summed E-state index contributed by atoms with van der Waals surface area (Å²) < 4.78 is 10.4. The highest BCUT2D eigenvalue weighted by atomic mass is 32.1. The van der Waals surface area contributed by atoms with Crippen LogP contribution in [0.4, 0.5) is 10.9 Å². The summed E-state index contributed by atoms with van der Waals surface area (Å²) in [5.41, 5.74) is 1.67. The summed E-state index contributed by atoms with van der Waals surface area (Å²) in [6, 6.07) is 3.85. The van der Waals surface area contributed by atoms with Gasteiger partial charge < -0.3 is 14.4 Å². The highest BCUT2D eigenvalue weighted by molar-refractivity contribution is 7.16. The summed E-state index contributed by atoms with van der Waals surface area (Å²) in [6.45, 7) is 1.42. The zero-order valence-corrected chi connectivity index (χ0v) is 16.4. The molecule has 1 aliphatic heterocycles. The van der Waals surface area contributed by atoms with E-state index < -0.39 is 0 Å². The Morgan fingerprint density at radius 2 is 2.15 bits per heavy atom.